The van der Waals surface area contributed by atoms with Crippen molar-refractivity contribution < 1.29 is 5.11 Å². The van der Waals surface area contributed by atoms with Crippen molar-refractivity contribution in [3.05, 3.63) is 27.8 Å². The molecule has 0 radical (unpaired) electrons. The first-order valence-corrected chi connectivity index (χ1v) is 9.68. The highest BCUT2D eigenvalue weighted by molar-refractivity contribution is 6.42. The molecule has 1 unspecified atom stereocenters. The van der Waals surface area contributed by atoms with Crippen LogP contribution in [0.3, 0.4) is 0 Å². The third-order valence-electron chi connectivity index (χ3n) is 5.58. The molecule has 0 aliphatic carbocycles. The summed E-state index contributed by atoms with van der Waals surface area (Å²) in [6, 6.07) is 0.137. The monoisotopic (exact) mass is 410 g/mol. The average molecular weight is 411 g/mol. The summed E-state index contributed by atoms with van der Waals surface area (Å²) in [5, 5.41) is 17.8. The number of aliphatic hydroxyl groups is 1. The summed E-state index contributed by atoms with van der Waals surface area (Å²) in [7, 11) is 0. The van der Waals surface area contributed by atoms with Crippen molar-refractivity contribution in [2.24, 2.45) is 11.1 Å². The lowest BCUT2D eigenvalue weighted by atomic mass is 9.75. The van der Waals surface area contributed by atoms with Crippen molar-refractivity contribution in [3.8, 4) is 11.3 Å². The summed E-state index contributed by atoms with van der Waals surface area (Å²) in [5.74, 6) is 0.703. The Bertz CT molecular complexity index is 837. The minimum atomic E-state index is -0.222. The van der Waals surface area contributed by atoms with E-state index in [4.69, 9.17) is 33.9 Å². The molecule has 7 nitrogen and oxygen atoms in total. The van der Waals surface area contributed by atoms with Gasteiger partial charge in [0.2, 0.25) is 0 Å². The van der Waals surface area contributed by atoms with Gasteiger partial charge in [-0.3, -0.25) is 0 Å². The van der Waals surface area contributed by atoms with Crippen LogP contribution in [0.4, 0.5) is 5.82 Å². The smallest absolute Gasteiger partial charge is 0.170 e. The lowest BCUT2D eigenvalue weighted by molar-refractivity contribution is 0.204. The molecule has 3 heterocycles. The number of rotatable bonds is 4. The van der Waals surface area contributed by atoms with E-state index in [1.807, 2.05) is 6.92 Å². The molecule has 0 bridgehead atoms. The normalized spacial score (nSPS) is 17.8. The molecule has 2 aromatic heterocycles. The number of aliphatic hydroxyl groups excluding tert-OH is 1. The van der Waals surface area contributed by atoms with Gasteiger partial charge >= 0.3 is 0 Å². The number of piperidine rings is 1. The molecule has 9 heteroatoms. The lowest BCUT2D eigenvalue weighted by Gasteiger charge is -2.42. The molecule has 27 heavy (non-hydrogen) atoms. The van der Waals surface area contributed by atoms with Gasteiger partial charge in [0, 0.05) is 24.7 Å². The second-order valence-corrected chi connectivity index (χ2v) is 8.11. The Hall–Kier alpha value is -1.54. The maximum atomic E-state index is 9.89. The van der Waals surface area contributed by atoms with Crippen LogP contribution in [0.15, 0.2) is 6.20 Å². The average Bonchev–Trinajstić information content (AvgIpc) is 2.64. The Morgan fingerprint density at radius 1 is 1.30 bits per heavy atom. The predicted octanol–water partition coefficient (Wildman–Crippen LogP) is 2.99. The first-order chi connectivity index (χ1) is 12.8. The molecule has 1 aliphatic rings. The minimum absolute atomic E-state index is 0.108. The van der Waals surface area contributed by atoms with E-state index in [1.54, 1.807) is 0 Å². The highest BCUT2D eigenvalue weighted by atomic mass is 35.5. The molecule has 3 rings (SSSR count). The number of hydrogen-bond donors (Lipinski definition) is 2. The molecule has 0 spiro atoms. The first-order valence-electron chi connectivity index (χ1n) is 8.93. The van der Waals surface area contributed by atoms with Crippen molar-refractivity contribution in [2.45, 2.75) is 46.3 Å². The van der Waals surface area contributed by atoms with E-state index in [2.05, 4.69) is 33.9 Å². The van der Waals surface area contributed by atoms with Gasteiger partial charge in [0.25, 0.3) is 0 Å². The van der Waals surface area contributed by atoms with Gasteiger partial charge in [0.1, 0.15) is 5.69 Å². The zero-order valence-electron chi connectivity index (χ0n) is 15.7. The third-order valence-corrected chi connectivity index (χ3v) is 6.32. The third kappa shape index (κ3) is 3.87. The number of halogens is 2. The topological polar surface area (TPSA) is 101 Å². The standard InChI is InChI=1S/C18H24Cl2N6O/c1-10-15(12-8-22-25-16(20)14(12)19)24-13(9-27)17(23-10)26-6-4-18(3,5-7-26)11(2)21/h8,11,27H,4-7,9,21H2,1-3H3. The van der Waals surface area contributed by atoms with Crippen LogP contribution in [0.1, 0.15) is 38.1 Å². The van der Waals surface area contributed by atoms with E-state index < -0.39 is 0 Å². The molecule has 0 saturated carbocycles. The molecular formula is C18H24Cl2N6O. The van der Waals surface area contributed by atoms with Crippen molar-refractivity contribution in [3.63, 3.8) is 0 Å². The molecule has 146 valence electrons. The summed E-state index contributed by atoms with van der Waals surface area (Å²) in [6.45, 7) is 7.56. The van der Waals surface area contributed by atoms with E-state index in [0.717, 1.165) is 25.9 Å². The first kappa shape index (κ1) is 20.2. The lowest BCUT2D eigenvalue weighted by Crippen LogP contribution is -2.47. The van der Waals surface area contributed by atoms with Crippen molar-refractivity contribution >= 4 is 29.0 Å². The molecule has 2 aromatic rings. The van der Waals surface area contributed by atoms with Gasteiger partial charge < -0.3 is 15.7 Å². The molecule has 1 aliphatic heterocycles. The van der Waals surface area contributed by atoms with Gasteiger partial charge in [-0.2, -0.15) is 5.10 Å². The van der Waals surface area contributed by atoms with Crippen LogP contribution >= 0.6 is 23.2 Å². The summed E-state index contributed by atoms with van der Waals surface area (Å²) in [5.41, 5.74) is 8.56. The Kier molecular flexibility index (Phi) is 5.86. The quantitative estimate of drug-likeness (QED) is 0.798. The van der Waals surface area contributed by atoms with Gasteiger partial charge in [0.05, 0.1) is 29.2 Å². The van der Waals surface area contributed by atoms with Gasteiger partial charge in [-0.1, -0.05) is 30.1 Å². The number of hydrogen-bond acceptors (Lipinski definition) is 7. The summed E-state index contributed by atoms with van der Waals surface area (Å²) in [4.78, 5) is 11.5. The zero-order valence-corrected chi connectivity index (χ0v) is 17.2. The minimum Gasteiger partial charge on any atom is -0.390 e. The predicted molar refractivity (Wildman–Crippen MR) is 107 cm³/mol. The molecular weight excluding hydrogens is 387 g/mol. The van der Waals surface area contributed by atoms with Gasteiger partial charge in [0.15, 0.2) is 11.0 Å². The maximum absolute atomic E-state index is 9.89. The zero-order chi connectivity index (χ0) is 19.8. The molecule has 0 aromatic carbocycles. The van der Waals surface area contributed by atoms with Crippen LogP contribution < -0.4 is 10.6 Å². The fraction of sp³-hybridized carbons (Fsp3) is 0.556. The number of aromatic nitrogens is 4. The summed E-state index contributed by atoms with van der Waals surface area (Å²) in [6.07, 6.45) is 3.43. The highest BCUT2D eigenvalue weighted by Gasteiger charge is 2.34. The Labute approximate surface area is 168 Å². The van der Waals surface area contributed by atoms with Crippen LogP contribution in [0.5, 0.6) is 0 Å². The van der Waals surface area contributed by atoms with Crippen LogP contribution in [-0.4, -0.2) is 44.4 Å². The molecule has 1 saturated heterocycles. The number of aryl methyl sites for hydroxylation is 1. The SMILES string of the molecule is Cc1nc(N2CCC(C)(C(C)N)CC2)c(CO)nc1-c1cnnc(Cl)c1Cl. The largest absolute Gasteiger partial charge is 0.390 e. The van der Waals surface area contributed by atoms with Crippen LogP contribution in [0, 0.1) is 12.3 Å². The fourth-order valence-electron chi connectivity index (χ4n) is 3.36. The van der Waals surface area contributed by atoms with E-state index in [-0.39, 0.29) is 28.2 Å². The molecule has 1 fully saturated rings. The Morgan fingerprint density at radius 3 is 2.56 bits per heavy atom. The summed E-state index contributed by atoms with van der Waals surface area (Å²) < 4.78 is 0. The van der Waals surface area contributed by atoms with Crippen LogP contribution in [0.25, 0.3) is 11.3 Å². The van der Waals surface area contributed by atoms with E-state index in [0.29, 0.717) is 28.5 Å². The second-order valence-electron chi connectivity index (χ2n) is 7.38. The van der Waals surface area contributed by atoms with Gasteiger partial charge in [-0.15, -0.1) is 5.10 Å². The van der Waals surface area contributed by atoms with Crippen molar-refractivity contribution in [1.29, 1.82) is 0 Å². The fourth-order valence-corrected chi connectivity index (χ4v) is 3.68. The van der Waals surface area contributed by atoms with Crippen molar-refractivity contribution in [1.82, 2.24) is 20.2 Å². The Balaban J connectivity index is 1.95. The molecule has 0 amide bonds. The molecule has 1 atom stereocenters. The van der Waals surface area contributed by atoms with E-state index in [9.17, 15) is 5.11 Å². The van der Waals surface area contributed by atoms with Gasteiger partial charge in [-0.25, -0.2) is 9.97 Å². The van der Waals surface area contributed by atoms with E-state index >= 15 is 0 Å². The van der Waals surface area contributed by atoms with Crippen molar-refractivity contribution in [2.75, 3.05) is 18.0 Å². The van der Waals surface area contributed by atoms with E-state index in [1.165, 1.54) is 6.20 Å². The summed E-state index contributed by atoms with van der Waals surface area (Å²) >= 11 is 12.2. The highest BCUT2D eigenvalue weighted by Crippen LogP contribution is 2.37. The van der Waals surface area contributed by atoms with Crippen LogP contribution in [-0.2, 0) is 6.61 Å². The number of nitrogens with zero attached hydrogens (tertiary/aromatic N) is 5. The van der Waals surface area contributed by atoms with Gasteiger partial charge in [-0.05, 0) is 32.1 Å². The molecule has 3 N–H and O–H groups in total. The Morgan fingerprint density at radius 2 is 1.96 bits per heavy atom. The number of nitrogens with two attached hydrogens (primary N) is 1. The maximum Gasteiger partial charge on any atom is 0.170 e. The number of anilines is 1. The second kappa shape index (κ2) is 7.83. The van der Waals surface area contributed by atoms with Crippen LogP contribution in [0.2, 0.25) is 10.2 Å².